The number of carbonyl (C=O) groups excluding carboxylic acids is 2. The maximum Gasteiger partial charge on any atom is 0.237 e. The Labute approximate surface area is 173 Å². The average molecular weight is 410 g/mol. The SMILES string of the molecule is Cc1cccc(-c2nnc(SCC(=O)Nc3ccc(C)cc3C)n2CC(N)=O)c1. The smallest absolute Gasteiger partial charge is 0.237 e. The Balaban J connectivity index is 1.76. The van der Waals surface area contributed by atoms with Gasteiger partial charge in [0.1, 0.15) is 6.54 Å². The number of aryl methyl sites for hydroxylation is 3. The number of primary amides is 1. The summed E-state index contributed by atoms with van der Waals surface area (Å²) in [5.41, 5.74) is 10.2. The molecule has 0 aliphatic carbocycles. The molecule has 0 spiro atoms. The third-order valence-corrected chi connectivity index (χ3v) is 5.26. The number of thioether (sulfide) groups is 1. The molecule has 7 nitrogen and oxygen atoms in total. The van der Waals surface area contributed by atoms with Crippen molar-refractivity contribution in [3.05, 3.63) is 59.2 Å². The van der Waals surface area contributed by atoms with Gasteiger partial charge in [0.15, 0.2) is 11.0 Å². The first-order valence-corrected chi connectivity index (χ1v) is 10.1. The molecule has 1 heterocycles. The van der Waals surface area contributed by atoms with Crippen LogP contribution in [0.5, 0.6) is 0 Å². The lowest BCUT2D eigenvalue weighted by atomic mass is 10.1. The third kappa shape index (κ3) is 5.23. The number of nitrogens with one attached hydrogen (secondary N) is 1. The van der Waals surface area contributed by atoms with E-state index in [1.54, 1.807) is 4.57 Å². The summed E-state index contributed by atoms with van der Waals surface area (Å²) in [7, 11) is 0. The van der Waals surface area contributed by atoms with E-state index >= 15 is 0 Å². The highest BCUT2D eigenvalue weighted by Crippen LogP contribution is 2.25. The molecule has 0 saturated carbocycles. The van der Waals surface area contributed by atoms with Gasteiger partial charge in [-0.1, -0.05) is 53.2 Å². The van der Waals surface area contributed by atoms with Crippen LogP contribution in [-0.2, 0) is 16.1 Å². The van der Waals surface area contributed by atoms with E-state index in [0.717, 1.165) is 27.9 Å². The van der Waals surface area contributed by atoms with Crippen molar-refractivity contribution in [2.45, 2.75) is 32.5 Å². The quantitative estimate of drug-likeness (QED) is 0.584. The van der Waals surface area contributed by atoms with Crippen molar-refractivity contribution in [2.24, 2.45) is 5.73 Å². The first-order chi connectivity index (χ1) is 13.8. The normalized spacial score (nSPS) is 10.7. The van der Waals surface area contributed by atoms with Crippen LogP contribution in [0.15, 0.2) is 47.6 Å². The molecule has 8 heteroatoms. The van der Waals surface area contributed by atoms with E-state index in [2.05, 4.69) is 15.5 Å². The zero-order valence-electron chi connectivity index (χ0n) is 16.6. The van der Waals surface area contributed by atoms with Crippen LogP contribution in [-0.4, -0.2) is 32.3 Å². The van der Waals surface area contributed by atoms with E-state index in [9.17, 15) is 9.59 Å². The lowest BCUT2D eigenvalue weighted by Crippen LogP contribution is -2.20. The Morgan fingerprint density at radius 2 is 1.83 bits per heavy atom. The number of nitrogens with zero attached hydrogens (tertiary/aromatic N) is 3. The van der Waals surface area contributed by atoms with Crippen LogP contribution in [0, 0.1) is 20.8 Å². The van der Waals surface area contributed by atoms with Crippen molar-refractivity contribution in [2.75, 3.05) is 11.1 Å². The molecule has 0 bridgehead atoms. The van der Waals surface area contributed by atoms with Gasteiger partial charge < -0.3 is 11.1 Å². The summed E-state index contributed by atoms with van der Waals surface area (Å²) < 4.78 is 1.65. The minimum atomic E-state index is -0.500. The van der Waals surface area contributed by atoms with Crippen molar-refractivity contribution in [1.29, 1.82) is 0 Å². The molecule has 0 saturated heterocycles. The topological polar surface area (TPSA) is 103 Å². The summed E-state index contributed by atoms with van der Waals surface area (Å²) in [5, 5.41) is 11.8. The van der Waals surface area contributed by atoms with Crippen LogP contribution < -0.4 is 11.1 Å². The number of benzene rings is 2. The summed E-state index contributed by atoms with van der Waals surface area (Å²) >= 11 is 1.21. The zero-order chi connectivity index (χ0) is 21.0. The predicted molar refractivity (Wildman–Crippen MR) is 115 cm³/mol. The van der Waals surface area contributed by atoms with Gasteiger partial charge in [-0.25, -0.2) is 0 Å². The molecule has 1 aromatic heterocycles. The van der Waals surface area contributed by atoms with Gasteiger partial charge in [-0.3, -0.25) is 14.2 Å². The summed E-state index contributed by atoms with van der Waals surface area (Å²) in [6.45, 7) is 5.88. The fourth-order valence-electron chi connectivity index (χ4n) is 2.96. The number of amides is 2. The van der Waals surface area contributed by atoms with Gasteiger partial charge in [0, 0.05) is 11.3 Å². The Kier molecular flexibility index (Phi) is 6.33. The van der Waals surface area contributed by atoms with Crippen LogP contribution in [0.3, 0.4) is 0 Å². The maximum absolute atomic E-state index is 12.4. The molecule has 3 N–H and O–H groups in total. The van der Waals surface area contributed by atoms with Gasteiger partial charge in [-0.2, -0.15) is 0 Å². The molecule has 29 heavy (non-hydrogen) atoms. The minimum Gasteiger partial charge on any atom is -0.368 e. The average Bonchev–Trinajstić information content (AvgIpc) is 3.04. The fourth-order valence-corrected chi connectivity index (χ4v) is 3.70. The largest absolute Gasteiger partial charge is 0.368 e. The molecule has 0 fully saturated rings. The molecular weight excluding hydrogens is 386 g/mol. The van der Waals surface area contributed by atoms with Gasteiger partial charge in [0.25, 0.3) is 0 Å². The van der Waals surface area contributed by atoms with Crippen molar-refractivity contribution in [1.82, 2.24) is 14.8 Å². The lowest BCUT2D eigenvalue weighted by Gasteiger charge is -2.10. The van der Waals surface area contributed by atoms with Gasteiger partial charge in [0.05, 0.1) is 5.75 Å². The molecule has 0 aliphatic heterocycles. The molecule has 2 aromatic carbocycles. The fraction of sp³-hybridized carbons (Fsp3) is 0.238. The van der Waals surface area contributed by atoms with Crippen LogP contribution in [0.4, 0.5) is 5.69 Å². The van der Waals surface area contributed by atoms with Crippen molar-refractivity contribution in [3.63, 3.8) is 0 Å². The van der Waals surface area contributed by atoms with Crippen LogP contribution in [0.1, 0.15) is 16.7 Å². The first kappa shape index (κ1) is 20.6. The number of rotatable bonds is 7. The van der Waals surface area contributed by atoms with E-state index < -0.39 is 5.91 Å². The van der Waals surface area contributed by atoms with Crippen molar-refractivity contribution < 1.29 is 9.59 Å². The Hall–Kier alpha value is -3.13. The second-order valence-electron chi connectivity index (χ2n) is 6.88. The number of hydrogen-bond acceptors (Lipinski definition) is 5. The molecule has 3 aromatic rings. The van der Waals surface area contributed by atoms with Gasteiger partial charge in [-0.15, -0.1) is 10.2 Å². The van der Waals surface area contributed by atoms with Crippen LogP contribution >= 0.6 is 11.8 Å². The summed E-state index contributed by atoms with van der Waals surface area (Å²) in [5.74, 6) is 0.0237. The number of carbonyl (C=O) groups is 2. The highest BCUT2D eigenvalue weighted by molar-refractivity contribution is 7.99. The molecule has 0 unspecified atom stereocenters. The highest BCUT2D eigenvalue weighted by atomic mass is 32.2. The molecule has 0 aliphatic rings. The lowest BCUT2D eigenvalue weighted by molar-refractivity contribution is -0.118. The molecule has 0 atom stereocenters. The zero-order valence-corrected chi connectivity index (χ0v) is 17.4. The number of aromatic nitrogens is 3. The predicted octanol–water partition coefficient (Wildman–Crippen LogP) is 3.09. The molecular formula is C21H23N5O2S. The molecule has 3 rings (SSSR count). The Morgan fingerprint density at radius 1 is 1.07 bits per heavy atom. The van der Waals surface area contributed by atoms with E-state index in [1.165, 1.54) is 11.8 Å². The second-order valence-corrected chi connectivity index (χ2v) is 7.83. The van der Waals surface area contributed by atoms with E-state index in [-0.39, 0.29) is 18.2 Å². The van der Waals surface area contributed by atoms with Crippen molar-refractivity contribution >= 4 is 29.3 Å². The minimum absolute atomic E-state index is 0.0582. The number of anilines is 1. The molecule has 150 valence electrons. The van der Waals surface area contributed by atoms with Crippen LogP contribution in [0.2, 0.25) is 0 Å². The summed E-state index contributed by atoms with van der Waals surface area (Å²) in [6.07, 6.45) is 0. The standard InChI is InChI=1S/C21H23N5O2S/c1-13-5-4-6-16(10-13)20-24-25-21(26(20)11-18(22)27)29-12-19(28)23-17-8-7-14(2)9-15(17)3/h4-10H,11-12H2,1-3H3,(H2,22,27)(H,23,28). The summed E-state index contributed by atoms with van der Waals surface area (Å²) in [6, 6.07) is 13.6. The second kappa shape index (κ2) is 8.91. The summed E-state index contributed by atoms with van der Waals surface area (Å²) in [4.78, 5) is 24.0. The van der Waals surface area contributed by atoms with Crippen molar-refractivity contribution in [3.8, 4) is 11.4 Å². The number of nitrogens with two attached hydrogens (primary N) is 1. The molecule has 2 amide bonds. The van der Waals surface area contributed by atoms with Crippen LogP contribution in [0.25, 0.3) is 11.4 Å². The van der Waals surface area contributed by atoms with E-state index in [0.29, 0.717) is 11.0 Å². The highest BCUT2D eigenvalue weighted by Gasteiger charge is 2.17. The van der Waals surface area contributed by atoms with Gasteiger partial charge >= 0.3 is 0 Å². The first-order valence-electron chi connectivity index (χ1n) is 9.12. The molecule has 0 radical (unpaired) electrons. The van der Waals surface area contributed by atoms with E-state index in [1.807, 2.05) is 63.2 Å². The van der Waals surface area contributed by atoms with Gasteiger partial charge in [-0.05, 0) is 38.5 Å². The monoisotopic (exact) mass is 409 g/mol. The number of hydrogen-bond donors (Lipinski definition) is 2. The van der Waals surface area contributed by atoms with Gasteiger partial charge in [0.2, 0.25) is 11.8 Å². The Bertz CT molecular complexity index is 1060. The third-order valence-electron chi connectivity index (χ3n) is 4.30. The Morgan fingerprint density at radius 3 is 2.52 bits per heavy atom. The maximum atomic E-state index is 12.4. The van der Waals surface area contributed by atoms with E-state index in [4.69, 9.17) is 5.73 Å².